The van der Waals surface area contributed by atoms with Gasteiger partial charge in [0.2, 0.25) is 0 Å². The molecule has 0 aliphatic heterocycles. The second-order valence-electron chi connectivity index (χ2n) is 3.29. The Bertz CT molecular complexity index is 342. The molecule has 0 saturated carbocycles. The van der Waals surface area contributed by atoms with Gasteiger partial charge in [-0.2, -0.15) is 0 Å². The first-order valence-electron chi connectivity index (χ1n) is 5.27. The third-order valence-corrected chi connectivity index (χ3v) is 1.98. The Hall–Kier alpha value is -1.78. The monoisotopic (exact) mass is 223 g/mol. The van der Waals surface area contributed by atoms with Crippen molar-refractivity contribution in [2.45, 2.75) is 13.3 Å². The van der Waals surface area contributed by atoms with Crippen LogP contribution in [0.2, 0.25) is 0 Å². The smallest absolute Gasteiger partial charge is 0.325 e. The summed E-state index contributed by atoms with van der Waals surface area (Å²) in [6, 6.07) is 3.67. The van der Waals surface area contributed by atoms with Crippen LogP contribution in [0.4, 0.5) is 11.5 Å². The van der Waals surface area contributed by atoms with E-state index in [9.17, 15) is 4.79 Å². The molecule has 1 aromatic rings. The fraction of sp³-hybridized carbons (Fsp3) is 0.455. The van der Waals surface area contributed by atoms with E-state index in [4.69, 9.17) is 0 Å². The number of hydrogen-bond donors (Lipinski definition) is 2. The van der Waals surface area contributed by atoms with Crippen molar-refractivity contribution in [3.05, 3.63) is 18.3 Å². The Morgan fingerprint density at radius 1 is 1.50 bits per heavy atom. The fourth-order valence-corrected chi connectivity index (χ4v) is 1.14. The molecule has 5 heteroatoms. The van der Waals surface area contributed by atoms with Crippen molar-refractivity contribution in [2.24, 2.45) is 0 Å². The highest BCUT2D eigenvalue weighted by Crippen LogP contribution is 2.11. The van der Waals surface area contributed by atoms with Crippen molar-refractivity contribution in [3.63, 3.8) is 0 Å². The van der Waals surface area contributed by atoms with Crippen molar-refractivity contribution >= 4 is 17.5 Å². The van der Waals surface area contributed by atoms with E-state index >= 15 is 0 Å². The minimum atomic E-state index is -0.292. The Morgan fingerprint density at radius 2 is 2.31 bits per heavy atom. The number of pyridine rings is 1. The molecular formula is C11H17N3O2. The van der Waals surface area contributed by atoms with Crippen molar-refractivity contribution in [3.8, 4) is 0 Å². The predicted molar refractivity (Wildman–Crippen MR) is 63.5 cm³/mol. The molecule has 2 N–H and O–H groups in total. The molecule has 88 valence electrons. The average molecular weight is 223 g/mol. The van der Waals surface area contributed by atoms with Crippen LogP contribution in [0, 0.1) is 0 Å². The van der Waals surface area contributed by atoms with Crippen LogP contribution in [-0.4, -0.2) is 31.2 Å². The summed E-state index contributed by atoms with van der Waals surface area (Å²) in [5, 5.41) is 6.13. The molecule has 5 nitrogen and oxygen atoms in total. The average Bonchev–Trinajstić information content (AvgIpc) is 2.34. The van der Waals surface area contributed by atoms with Gasteiger partial charge in [-0.1, -0.05) is 6.92 Å². The third kappa shape index (κ3) is 4.16. The van der Waals surface area contributed by atoms with E-state index in [0.29, 0.717) is 0 Å². The van der Waals surface area contributed by atoms with Crippen LogP contribution in [0.1, 0.15) is 13.3 Å². The van der Waals surface area contributed by atoms with Crippen molar-refractivity contribution < 1.29 is 9.53 Å². The lowest BCUT2D eigenvalue weighted by atomic mass is 10.3. The lowest BCUT2D eigenvalue weighted by Crippen LogP contribution is -2.15. The van der Waals surface area contributed by atoms with Gasteiger partial charge < -0.3 is 15.4 Å². The second-order valence-corrected chi connectivity index (χ2v) is 3.29. The summed E-state index contributed by atoms with van der Waals surface area (Å²) in [6.07, 6.45) is 2.74. The highest BCUT2D eigenvalue weighted by atomic mass is 16.5. The van der Waals surface area contributed by atoms with E-state index in [0.717, 1.165) is 24.5 Å². The summed E-state index contributed by atoms with van der Waals surface area (Å²) >= 11 is 0. The van der Waals surface area contributed by atoms with Gasteiger partial charge in [0.25, 0.3) is 0 Å². The summed E-state index contributed by atoms with van der Waals surface area (Å²) in [6.45, 7) is 3.13. The van der Waals surface area contributed by atoms with Crippen LogP contribution in [0.25, 0.3) is 0 Å². The summed E-state index contributed by atoms with van der Waals surface area (Å²) in [5.74, 6) is 0.511. The van der Waals surface area contributed by atoms with Crippen LogP contribution in [-0.2, 0) is 9.53 Å². The van der Waals surface area contributed by atoms with E-state index < -0.39 is 0 Å². The summed E-state index contributed by atoms with van der Waals surface area (Å²) < 4.78 is 4.53. The molecule has 1 heterocycles. The van der Waals surface area contributed by atoms with E-state index in [1.54, 1.807) is 12.3 Å². The lowest BCUT2D eigenvalue weighted by Gasteiger charge is -2.07. The zero-order valence-corrected chi connectivity index (χ0v) is 9.62. The van der Waals surface area contributed by atoms with Gasteiger partial charge in [-0.25, -0.2) is 4.98 Å². The Balaban J connectivity index is 2.50. The summed E-state index contributed by atoms with van der Waals surface area (Å²) in [5.41, 5.74) is 0.846. The molecule has 0 atom stereocenters. The van der Waals surface area contributed by atoms with Crippen LogP contribution in [0.3, 0.4) is 0 Å². The number of rotatable bonds is 6. The summed E-state index contributed by atoms with van der Waals surface area (Å²) in [4.78, 5) is 15.1. The highest BCUT2D eigenvalue weighted by Gasteiger charge is 2.00. The molecule has 0 radical (unpaired) electrons. The molecule has 0 unspecified atom stereocenters. The van der Waals surface area contributed by atoms with Gasteiger partial charge in [0, 0.05) is 24.5 Å². The molecule has 0 aromatic carbocycles. The van der Waals surface area contributed by atoms with Crippen LogP contribution in [0.15, 0.2) is 18.3 Å². The quantitative estimate of drug-likeness (QED) is 0.715. The minimum absolute atomic E-state index is 0.160. The number of methoxy groups -OCH3 is 1. The number of carbonyl (C=O) groups is 1. The van der Waals surface area contributed by atoms with E-state index in [2.05, 4.69) is 27.3 Å². The number of hydrogen-bond acceptors (Lipinski definition) is 5. The number of aromatic nitrogens is 1. The minimum Gasteiger partial charge on any atom is -0.468 e. The first-order chi connectivity index (χ1) is 7.76. The topological polar surface area (TPSA) is 63.2 Å². The lowest BCUT2D eigenvalue weighted by molar-refractivity contribution is -0.138. The zero-order chi connectivity index (χ0) is 11.8. The molecule has 0 aliphatic rings. The van der Waals surface area contributed by atoms with Gasteiger partial charge in [-0.05, 0) is 12.5 Å². The van der Waals surface area contributed by atoms with Crippen molar-refractivity contribution in [1.29, 1.82) is 0 Å². The Morgan fingerprint density at radius 3 is 3.00 bits per heavy atom. The van der Waals surface area contributed by atoms with Gasteiger partial charge in [-0.3, -0.25) is 4.79 Å². The first-order valence-corrected chi connectivity index (χ1v) is 5.27. The van der Waals surface area contributed by atoms with Gasteiger partial charge in [0.15, 0.2) is 0 Å². The van der Waals surface area contributed by atoms with Gasteiger partial charge in [0.1, 0.15) is 12.4 Å². The van der Waals surface area contributed by atoms with Gasteiger partial charge >= 0.3 is 5.97 Å². The first kappa shape index (κ1) is 12.3. The van der Waals surface area contributed by atoms with E-state index in [-0.39, 0.29) is 12.5 Å². The van der Waals surface area contributed by atoms with Crippen LogP contribution in [0.5, 0.6) is 0 Å². The number of nitrogens with one attached hydrogen (secondary N) is 2. The van der Waals surface area contributed by atoms with E-state index in [1.807, 2.05) is 6.07 Å². The van der Waals surface area contributed by atoms with Crippen molar-refractivity contribution in [1.82, 2.24) is 4.98 Å². The van der Waals surface area contributed by atoms with Crippen LogP contribution >= 0.6 is 0 Å². The maximum absolute atomic E-state index is 10.9. The highest BCUT2D eigenvalue weighted by molar-refractivity contribution is 5.75. The van der Waals surface area contributed by atoms with Crippen molar-refractivity contribution in [2.75, 3.05) is 30.8 Å². The Labute approximate surface area is 95.2 Å². The normalized spacial score (nSPS) is 9.62. The number of anilines is 2. The number of carbonyl (C=O) groups excluding carboxylic acids is 1. The maximum Gasteiger partial charge on any atom is 0.325 e. The number of nitrogens with zero attached hydrogens (tertiary/aromatic N) is 1. The molecule has 0 bridgehead atoms. The van der Waals surface area contributed by atoms with Gasteiger partial charge in [-0.15, -0.1) is 0 Å². The SMILES string of the molecule is CCCNc1cc(NCC(=O)OC)ccn1. The Kier molecular flexibility index (Phi) is 5.11. The molecule has 0 amide bonds. The van der Waals surface area contributed by atoms with Gasteiger partial charge in [0.05, 0.1) is 7.11 Å². The third-order valence-electron chi connectivity index (χ3n) is 1.98. The largest absolute Gasteiger partial charge is 0.468 e. The van der Waals surface area contributed by atoms with Crippen LogP contribution < -0.4 is 10.6 Å². The molecule has 0 spiro atoms. The standard InChI is InChI=1S/C11H17N3O2/c1-3-5-12-10-7-9(4-6-13-10)14-8-11(15)16-2/h4,6-7H,3,5,8H2,1-2H3,(H2,12,13,14). The fourth-order valence-electron chi connectivity index (χ4n) is 1.14. The van der Waals surface area contributed by atoms with E-state index in [1.165, 1.54) is 7.11 Å². The molecule has 1 rings (SSSR count). The molecule has 0 saturated heterocycles. The zero-order valence-electron chi connectivity index (χ0n) is 9.62. The molecule has 1 aromatic heterocycles. The number of esters is 1. The number of ether oxygens (including phenoxy) is 1. The summed E-state index contributed by atoms with van der Waals surface area (Å²) in [7, 11) is 1.37. The molecule has 0 aliphatic carbocycles. The maximum atomic E-state index is 10.9. The predicted octanol–water partition coefficient (Wildman–Crippen LogP) is 1.49. The second kappa shape index (κ2) is 6.66. The molecular weight excluding hydrogens is 206 g/mol. The molecule has 0 fully saturated rings. The molecule has 16 heavy (non-hydrogen) atoms.